The Morgan fingerprint density at radius 1 is 1.03 bits per heavy atom. The van der Waals surface area contributed by atoms with E-state index in [1.54, 1.807) is 12.1 Å². The van der Waals surface area contributed by atoms with Crippen LogP contribution in [-0.4, -0.2) is 31.9 Å². The van der Waals surface area contributed by atoms with Gasteiger partial charge in [-0.1, -0.05) is 35.9 Å². The minimum Gasteiger partial charge on any atom is -0.350 e. The molecule has 31 heavy (non-hydrogen) atoms. The summed E-state index contributed by atoms with van der Waals surface area (Å²) in [5.74, 6) is 0.753. The summed E-state index contributed by atoms with van der Waals surface area (Å²) in [5.41, 5.74) is 5.47. The fourth-order valence-corrected chi connectivity index (χ4v) is 3.89. The number of hydrogen-bond donors (Lipinski definition) is 1. The predicted molar refractivity (Wildman–Crippen MR) is 118 cm³/mol. The minimum absolute atomic E-state index is 0.0293. The van der Waals surface area contributed by atoms with Crippen LogP contribution in [-0.2, 0) is 13.0 Å². The third-order valence-corrected chi connectivity index (χ3v) is 5.63. The van der Waals surface area contributed by atoms with E-state index < -0.39 is 4.92 Å². The SMILES string of the molecule is O=[N+]([O-])c1cccc(-c2ccc(N3CCc4[nH]nc(-c5ccc(Cl)cc5)c4C3)nn2)c1. The van der Waals surface area contributed by atoms with Crippen LogP contribution < -0.4 is 4.90 Å². The smallest absolute Gasteiger partial charge is 0.270 e. The molecule has 9 heteroatoms. The molecule has 1 aliphatic rings. The number of nitrogens with zero attached hydrogens (tertiary/aromatic N) is 5. The fourth-order valence-electron chi connectivity index (χ4n) is 3.76. The Kier molecular flexibility index (Phi) is 4.83. The Balaban J connectivity index is 1.39. The average Bonchev–Trinajstić information content (AvgIpc) is 3.23. The van der Waals surface area contributed by atoms with E-state index >= 15 is 0 Å². The second-order valence-electron chi connectivity index (χ2n) is 7.29. The van der Waals surface area contributed by atoms with Crippen LogP contribution in [0.3, 0.4) is 0 Å². The summed E-state index contributed by atoms with van der Waals surface area (Å²) in [6.45, 7) is 1.45. The second-order valence-corrected chi connectivity index (χ2v) is 7.73. The Morgan fingerprint density at radius 2 is 1.87 bits per heavy atom. The van der Waals surface area contributed by atoms with Crippen molar-refractivity contribution in [3.05, 3.63) is 87.1 Å². The van der Waals surface area contributed by atoms with Crippen molar-refractivity contribution in [1.29, 1.82) is 0 Å². The predicted octanol–water partition coefficient (Wildman–Crippen LogP) is 4.66. The van der Waals surface area contributed by atoms with Gasteiger partial charge in [0.05, 0.1) is 16.3 Å². The summed E-state index contributed by atoms with van der Waals surface area (Å²) < 4.78 is 0. The zero-order chi connectivity index (χ0) is 21.4. The fraction of sp³-hybridized carbons (Fsp3) is 0.136. The number of aromatic nitrogens is 4. The van der Waals surface area contributed by atoms with Crippen LogP contribution in [0.15, 0.2) is 60.7 Å². The number of rotatable bonds is 4. The molecular weight excluding hydrogens is 416 g/mol. The number of anilines is 1. The lowest BCUT2D eigenvalue weighted by Gasteiger charge is -2.27. The Hall–Kier alpha value is -3.78. The molecule has 0 aliphatic carbocycles. The maximum atomic E-state index is 11.0. The van der Waals surface area contributed by atoms with Crippen molar-refractivity contribution < 1.29 is 4.92 Å². The first-order valence-electron chi connectivity index (χ1n) is 9.74. The van der Waals surface area contributed by atoms with Gasteiger partial charge in [0.25, 0.3) is 5.69 Å². The molecule has 0 spiro atoms. The summed E-state index contributed by atoms with van der Waals surface area (Å²) in [4.78, 5) is 12.8. The molecule has 0 saturated carbocycles. The summed E-state index contributed by atoms with van der Waals surface area (Å²) in [5, 5.41) is 28.1. The van der Waals surface area contributed by atoms with E-state index in [1.807, 2.05) is 36.4 Å². The van der Waals surface area contributed by atoms with Gasteiger partial charge >= 0.3 is 0 Å². The molecule has 1 aliphatic heterocycles. The van der Waals surface area contributed by atoms with Gasteiger partial charge < -0.3 is 4.90 Å². The van der Waals surface area contributed by atoms with Crippen molar-refractivity contribution in [2.75, 3.05) is 11.4 Å². The quantitative estimate of drug-likeness (QED) is 0.372. The van der Waals surface area contributed by atoms with Crippen molar-refractivity contribution in [2.45, 2.75) is 13.0 Å². The number of benzene rings is 2. The molecule has 4 aromatic rings. The molecule has 0 amide bonds. The molecule has 2 aromatic heterocycles. The van der Waals surface area contributed by atoms with Gasteiger partial charge in [-0.25, -0.2) is 0 Å². The number of hydrogen-bond acceptors (Lipinski definition) is 6. The highest BCUT2D eigenvalue weighted by atomic mass is 35.5. The van der Waals surface area contributed by atoms with E-state index in [0.717, 1.165) is 41.3 Å². The highest BCUT2D eigenvalue weighted by Gasteiger charge is 2.24. The normalized spacial score (nSPS) is 13.1. The first-order valence-corrected chi connectivity index (χ1v) is 10.1. The monoisotopic (exact) mass is 432 g/mol. The lowest BCUT2D eigenvalue weighted by Crippen LogP contribution is -2.31. The standard InChI is InChI=1S/C22H17ClN6O2/c23-16-6-4-14(5-7-16)22-18-13-28(11-10-20(18)25-27-22)21-9-8-19(24-26-21)15-2-1-3-17(12-15)29(30)31/h1-9,12H,10-11,13H2,(H,25,27). The largest absolute Gasteiger partial charge is 0.350 e. The number of non-ortho nitro benzene ring substituents is 1. The third kappa shape index (κ3) is 3.73. The van der Waals surface area contributed by atoms with E-state index in [2.05, 4.69) is 25.3 Å². The third-order valence-electron chi connectivity index (χ3n) is 5.38. The Labute approximate surface area is 182 Å². The van der Waals surface area contributed by atoms with Crippen LogP contribution >= 0.6 is 11.6 Å². The summed E-state index contributed by atoms with van der Waals surface area (Å²) in [7, 11) is 0. The van der Waals surface area contributed by atoms with Gasteiger partial charge in [0.1, 0.15) is 0 Å². The number of halogens is 1. The second kappa shape index (κ2) is 7.81. The zero-order valence-corrected chi connectivity index (χ0v) is 17.1. The number of fused-ring (bicyclic) bond motifs is 1. The van der Waals surface area contributed by atoms with Crippen LogP contribution in [0.1, 0.15) is 11.3 Å². The average molecular weight is 433 g/mol. The lowest BCUT2D eigenvalue weighted by atomic mass is 10.0. The van der Waals surface area contributed by atoms with Gasteiger partial charge in [-0.05, 0) is 24.3 Å². The molecule has 5 rings (SSSR count). The number of nitro benzene ring substituents is 1. The van der Waals surface area contributed by atoms with Crippen molar-refractivity contribution in [2.24, 2.45) is 0 Å². The van der Waals surface area contributed by atoms with E-state index in [1.165, 1.54) is 12.1 Å². The highest BCUT2D eigenvalue weighted by Crippen LogP contribution is 2.31. The van der Waals surface area contributed by atoms with Gasteiger partial charge in [-0.2, -0.15) is 5.10 Å². The summed E-state index contributed by atoms with van der Waals surface area (Å²) in [6.07, 6.45) is 0.824. The molecule has 0 saturated heterocycles. The van der Waals surface area contributed by atoms with Gasteiger partial charge in [0.15, 0.2) is 5.82 Å². The first kappa shape index (κ1) is 19.2. The molecule has 8 nitrogen and oxygen atoms in total. The van der Waals surface area contributed by atoms with E-state index in [9.17, 15) is 10.1 Å². The first-order chi connectivity index (χ1) is 15.1. The molecule has 0 atom stereocenters. The van der Waals surface area contributed by atoms with Gasteiger partial charge in [0.2, 0.25) is 0 Å². The van der Waals surface area contributed by atoms with E-state index in [0.29, 0.717) is 22.8 Å². The number of aromatic amines is 1. The van der Waals surface area contributed by atoms with Crippen molar-refractivity contribution in [3.63, 3.8) is 0 Å². The molecule has 154 valence electrons. The summed E-state index contributed by atoms with van der Waals surface area (Å²) in [6, 6.07) is 17.8. The van der Waals surface area contributed by atoms with Crippen LogP contribution in [0.4, 0.5) is 11.5 Å². The van der Waals surface area contributed by atoms with E-state index in [4.69, 9.17) is 11.6 Å². The molecule has 3 heterocycles. The maximum Gasteiger partial charge on any atom is 0.270 e. The Morgan fingerprint density at radius 3 is 2.61 bits per heavy atom. The van der Waals surface area contributed by atoms with Gasteiger partial charge in [-0.3, -0.25) is 15.2 Å². The molecule has 0 radical (unpaired) electrons. The van der Waals surface area contributed by atoms with Crippen molar-refractivity contribution in [3.8, 4) is 22.5 Å². The van der Waals surface area contributed by atoms with Gasteiger partial charge in [0, 0.05) is 59.0 Å². The molecule has 0 fully saturated rings. The lowest BCUT2D eigenvalue weighted by molar-refractivity contribution is -0.384. The Bertz CT molecular complexity index is 1250. The van der Waals surface area contributed by atoms with Crippen molar-refractivity contribution in [1.82, 2.24) is 20.4 Å². The maximum absolute atomic E-state index is 11.0. The summed E-state index contributed by atoms with van der Waals surface area (Å²) >= 11 is 6.02. The molecular formula is C22H17ClN6O2. The number of nitro groups is 1. The van der Waals surface area contributed by atoms with Crippen LogP contribution in [0.5, 0.6) is 0 Å². The van der Waals surface area contributed by atoms with Gasteiger partial charge in [-0.15, -0.1) is 10.2 Å². The van der Waals surface area contributed by atoms with Crippen LogP contribution in [0, 0.1) is 10.1 Å². The number of nitrogens with one attached hydrogen (secondary N) is 1. The highest BCUT2D eigenvalue weighted by molar-refractivity contribution is 6.30. The van der Waals surface area contributed by atoms with E-state index in [-0.39, 0.29) is 5.69 Å². The molecule has 0 unspecified atom stereocenters. The number of H-pyrrole nitrogens is 1. The van der Waals surface area contributed by atoms with Crippen molar-refractivity contribution >= 4 is 23.1 Å². The zero-order valence-electron chi connectivity index (χ0n) is 16.3. The molecule has 2 aromatic carbocycles. The topological polar surface area (TPSA) is 101 Å². The minimum atomic E-state index is -0.417. The van der Waals surface area contributed by atoms with Crippen LogP contribution in [0.2, 0.25) is 5.02 Å². The van der Waals surface area contributed by atoms with Crippen LogP contribution in [0.25, 0.3) is 22.5 Å². The molecule has 0 bridgehead atoms. The molecule has 1 N–H and O–H groups in total.